The SMILES string of the molecule is C=COC(=O)CSC(=O)C(C)CC. The van der Waals surface area contributed by atoms with Crippen molar-refractivity contribution in [3.05, 3.63) is 12.8 Å². The minimum Gasteiger partial charge on any atom is -0.435 e. The Bertz CT molecular complexity index is 201. The van der Waals surface area contributed by atoms with Crippen molar-refractivity contribution in [2.75, 3.05) is 5.75 Å². The van der Waals surface area contributed by atoms with Crippen LogP contribution in [-0.2, 0) is 14.3 Å². The van der Waals surface area contributed by atoms with E-state index >= 15 is 0 Å². The number of rotatable bonds is 5. The molecule has 1 atom stereocenters. The molecule has 3 nitrogen and oxygen atoms in total. The van der Waals surface area contributed by atoms with Crippen molar-refractivity contribution in [2.45, 2.75) is 20.3 Å². The van der Waals surface area contributed by atoms with Gasteiger partial charge in [-0.1, -0.05) is 32.2 Å². The third-order valence-corrected chi connectivity index (χ3v) is 2.63. The molecule has 0 spiro atoms. The molecule has 0 aliphatic carbocycles. The first-order chi connectivity index (χ1) is 6.11. The summed E-state index contributed by atoms with van der Waals surface area (Å²) in [6.45, 7) is 7.02. The van der Waals surface area contributed by atoms with Crippen LogP contribution < -0.4 is 0 Å². The van der Waals surface area contributed by atoms with Crippen LogP contribution in [0, 0.1) is 5.92 Å². The van der Waals surface area contributed by atoms with Gasteiger partial charge in [-0.3, -0.25) is 9.59 Å². The summed E-state index contributed by atoms with van der Waals surface area (Å²) in [5, 5.41) is 0.0310. The Morgan fingerprint density at radius 3 is 2.69 bits per heavy atom. The summed E-state index contributed by atoms with van der Waals surface area (Å²) in [5.41, 5.74) is 0. The molecule has 0 saturated heterocycles. The van der Waals surface area contributed by atoms with Gasteiger partial charge in [-0.25, -0.2) is 0 Å². The highest BCUT2D eigenvalue weighted by Gasteiger charge is 2.13. The molecule has 0 heterocycles. The van der Waals surface area contributed by atoms with Gasteiger partial charge in [-0.05, 0) is 6.42 Å². The largest absolute Gasteiger partial charge is 0.435 e. The zero-order valence-corrected chi connectivity index (χ0v) is 8.73. The Hall–Kier alpha value is -0.770. The van der Waals surface area contributed by atoms with Crippen molar-refractivity contribution < 1.29 is 14.3 Å². The van der Waals surface area contributed by atoms with Crippen LogP contribution in [0.3, 0.4) is 0 Å². The van der Waals surface area contributed by atoms with Crippen molar-refractivity contribution in [3.63, 3.8) is 0 Å². The van der Waals surface area contributed by atoms with Gasteiger partial charge in [-0.15, -0.1) is 0 Å². The molecule has 0 rings (SSSR count). The van der Waals surface area contributed by atoms with E-state index in [1.54, 1.807) is 0 Å². The van der Waals surface area contributed by atoms with E-state index in [2.05, 4.69) is 11.3 Å². The summed E-state index contributed by atoms with van der Waals surface area (Å²) in [4.78, 5) is 22.0. The van der Waals surface area contributed by atoms with E-state index in [4.69, 9.17) is 0 Å². The monoisotopic (exact) mass is 202 g/mol. The van der Waals surface area contributed by atoms with Crippen LogP contribution in [-0.4, -0.2) is 16.8 Å². The molecule has 0 aromatic rings. The molecular formula is C9H14O3S. The molecule has 0 bridgehead atoms. The second kappa shape index (κ2) is 6.71. The topological polar surface area (TPSA) is 43.4 Å². The van der Waals surface area contributed by atoms with Crippen LogP contribution in [0.2, 0.25) is 0 Å². The number of thioether (sulfide) groups is 1. The molecule has 1 unspecified atom stereocenters. The first-order valence-electron chi connectivity index (χ1n) is 4.08. The lowest BCUT2D eigenvalue weighted by Crippen LogP contribution is -2.10. The summed E-state index contributed by atoms with van der Waals surface area (Å²) in [7, 11) is 0. The van der Waals surface area contributed by atoms with E-state index in [0.29, 0.717) is 0 Å². The number of carbonyl (C=O) groups is 2. The second-order valence-electron chi connectivity index (χ2n) is 2.57. The van der Waals surface area contributed by atoms with E-state index in [1.165, 1.54) is 0 Å². The van der Waals surface area contributed by atoms with Gasteiger partial charge in [0.15, 0.2) is 5.12 Å². The summed E-state index contributed by atoms with van der Waals surface area (Å²) >= 11 is 0.996. The number of hydrogen-bond donors (Lipinski definition) is 0. The fourth-order valence-electron chi connectivity index (χ4n) is 0.566. The molecule has 0 aromatic carbocycles. The van der Waals surface area contributed by atoms with E-state index in [9.17, 15) is 9.59 Å². The summed E-state index contributed by atoms with van der Waals surface area (Å²) in [5.74, 6) is -0.368. The van der Waals surface area contributed by atoms with Crippen LogP contribution in [0.4, 0.5) is 0 Å². The molecule has 0 aromatic heterocycles. The smallest absolute Gasteiger partial charge is 0.321 e. The van der Waals surface area contributed by atoms with Crippen molar-refractivity contribution >= 4 is 22.8 Å². The lowest BCUT2D eigenvalue weighted by molar-refractivity contribution is -0.135. The minimum absolute atomic E-state index is 0.00142. The van der Waals surface area contributed by atoms with Crippen molar-refractivity contribution in [3.8, 4) is 0 Å². The maximum Gasteiger partial charge on any atom is 0.321 e. The number of hydrogen-bond acceptors (Lipinski definition) is 4. The molecule has 4 heteroatoms. The third-order valence-electron chi connectivity index (χ3n) is 1.56. The molecular weight excluding hydrogens is 188 g/mol. The van der Waals surface area contributed by atoms with E-state index in [1.807, 2.05) is 13.8 Å². The predicted octanol–water partition coefficient (Wildman–Crippen LogP) is 1.98. The summed E-state index contributed by atoms with van der Waals surface area (Å²) in [6, 6.07) is 0. The van der Waals surface area contributed by atoms with Crippen LogP contribution in [0.25, 0.3) is 0 Å². The Morgan fingerprint density at radius 1 is 1.62 bits per heavy atom. The van der Waals surface area contributed by atoms with E-state index in [-0.39, 0.29) is 16.8 Å². The van der Waals surface area contributed by atoms with E-state index in [0.717, 1.165) is 24.4 Å². The lowest BCUT2D eigenvalue weighted by Gasteiger charge is -2.04. The number of carbonyl (C=O) groups excluding carboxylic acids is 2. The van der Waals surface area contributed by atoms with Crippen LogP contribution in [0.1, 0.15) is 20.3 Å². The van der Waals surface area contributed by atoms with Gasteiger partial charge in [0.1, 0.15) is 0 Å². The highest BCUT2D eigenvalue weighted by molar-refractivity contribution is 8.14. The zero-order chi connectivity index (χ0) is 10.3. The molecule has 0 aliphatic heterocycles. The van der Waals surface area contributed by atoms with Crippen LogP contribution >= 0.6 is 11.8 Å². The number of esters is 1. The molecule has 74 valence electrons. The van der Waals surface area contributed by atoms with Crippen molar-refractivity contribution in [1.82, 2.24) is 0 Å². The Balaban J connectivity index is 3.69. The van der Waals surface area contributed by atoms with Crippen molar-refractivity contribution in [1.29, 1.82) is 0 Å². The van der Waals surface area contributed by atoms with Gasteiger partial charge in [0, 0.05) is 5.92 Å². The fourth-order valence-corrected chi connectivity index (χ4v) is 1.35. The average Bonchev–Trinajstić information content (AvgIpc) is 2.13. The quantitative estimate of drug-likeness (QED) is 0.505. The molecule has 13 heavy (non-hydrogen) atoms. The maximum atomic E-state index is 11.2. The van der Waals surface area contributed by atoms with Gasteiger partial charge in [-0.2, -0.15) is 0 Å². The maximum absolute atomic E-state index is 11.2. The van der Waals surface area contributed by atoms with Crippen LogP contribution in [0.5, 0.6) is 0 Å². The Kier molecular flexibility index (Phi) is 6.32. The first-order valence-corrected chi connectivity index (χ1v) is 5.07. The average molecular weight is 202 g/mol. The zero-order valence-electron chi connectivity index (χ0n) is 7.91. The van der Waals surface area contributed by atoms with Gasteiger partial charge in [0.05, 0.1) is 12.0 Å². The summed E-state index contributed by atoms with van der Waals surface area (Å²) in [6.07, 6.45) is 1.86. The number of ether oxygens (including phenoxy) is 1. The first kappa shape index (κ1) is 12.2. The van der Waals surface area contributed by atoms with Crippen LogP contribution in [0.15, 0.2) is 12.8 Å². The highest BCUT2D eigenvalue weighted by atomic mass is 32.2. The molecule has 0 saturated carbocycles. The highest BCUT2D eigenvalue weighted by Crippen LogP contribution is 2.13. The predicted molar refractivity (Wildman–Crippen MR) is 53.2 cm³/mol. The standard InChI is InChI=1S/C9H14O3S/c1-4-7(3)9(11)13-6-8(10)12-5-2/h5,7H,2,4,6H2,1,3H3. The molecule has 0 N–H and O–H groups in total. The molecule has 0 amide bonds. The minimum atomic E-state index is -0.434. The fraction of sp³-hybridized carbons (Fsp3) is 0.556. The van der Waals surface area contributed by atoms with Gasteiger partial charge in [0.25, 0.3) is 0 Å². The summed E-state index contributed by atoms with van der Waals surface area (Å²) < 4.78 is 4.46. The van der Waals surface area contributed by atoms with Gasteiger partial charge >= 0.3 is 5.97 Å². The lowest BCUT2D eigenvalue weighted by atomic mass is 10.1. The Morgan fingerprint density at radius 2 is 2.23 bits per heavy atom. The van der Waals surface area contributed by atoms with Gasteiger partial charge < -0.3 is 4.74 Å². The normalized spacial score (nSPS) is 11.8. The third kappa shape index (κ3) is 5.47. The molecule has 0 fully saturated rings. The second-order valence-corrected chi connectivity index (χ2v) is 3.55. The molecule has 0 radical (unpaired) electrons. The van der Waals surface area contributed by atoms with Crippen molar-refractivity contribution in [2.24, 2.45) is 5.92 Å². The van der Waals surface area contributed by atoms with Gasteiger partial charge in [0.2, 0.25) is 0 Å². The Labute approximate surface area is 82.5 Å². The molecule has 0 aliphatic rings. The van der Waals surface area contributed by atoms with E-state index < -0.39 is 5.97 Å².